The molecular weight excluding hydrogens is 397 g/mol. The molecular formula is C13H8Br2FNOS. The molecule has 19 heavy (non-hydrogen) atoms. The zero-order chi connectivity index (χ0) is 14.0. The minimum Gasteiger partial charge on any atom is -0.456 e. The van der Waals surface area contributed by atoms with Gasteiger partial charge in [0.25, 0.3) is 0 Å². The van der Waals surface area contributed by atoms with E-state index in [0.29, 0.717) is 25.4 Å². The molecule has 2 aromatic rings. The van der Waals surface area contributed by atoms with E-state index in [4.69, 9.17) is 22.7 Å². The number of nitrogens with two attached hydrogens (primary N) is 1. The minimum atomic E-state index is -0.381. The molecule has 0 atom stereocenters. The van der Waals surface area contributed by atoms with Crippen molar-refractivity contribution in [2.75, 3.05) is 0 Å². The molecule has 0 aliphatic carbocycles. The second-order valence-electron chi connectivity index (χ2n) is 3.69. The fourth-order valence-corrected chi connectivity index (χ4v) is 2.24. The first-order valence-electron chi connectivity index (χ1n) is 5.19. The molecule has 2 aromatic carbocycles. The molecule has 0 aliphatic heterocycles. The molecule has 98 valence electrons. The van der Waals surface area contributed by atoms with Gasteiger partial charge in [0.2, 0.25) is 0 Å². The maximum atomic E-state index is 13.4. The van der Waals surface area contributed by atoms with Crippen molar-refractivity contribution in [1.29, 1.82) is 0 Å². The van der Waals surface area contributed by atoms with Crippen molar-refractivity contribution in [3.8, 4) is 11.5 Å². The molecule has 2 N–H and O–H groups in total. The second kappa shape index (κ2) is 5.98. The summed E-state index contributed by atoms with van der Waals surface area (Å²) in [4.78, 5) is 0.307. The third-order valence-corrected chi connectivity index (χ3v) is 3.83. The van der Waals surface area contributed by atoms with E-state index >= 15 is 0 Å². The summed E-state index contributed by atoms with van der Waals surface area (Å²) in [7, 11) is 0. The van der Waals surface area contributed by atoms with Gasteiger partial charge in [0, 0.05) is 11.6 Å². The summed E-state index contributed by atoms with van der Waals surface area (Å²) in [5, 5.41) is 0. The largest absolute Gasteiger partial charge is 0.456 e. The van der Waals surface area contributed by atoms with Crippen LogP contribution in [0, 0.1) is 5.82 Å². The number of thiocarbonyl (C=S) groups is 1. The number of hydrogen-bond acceptors (Lipinski definition) is 2. The first kappa shape index (κ1) is 14.4. The number of benzene rings is 2. The first-order chi connectivity index (χ1) is 8.97. The summed E-state index contributed by atoms with van der Waals surface area (Å²) >= 11 is 11.3. The van der Waals surface area contributed by atoms with Gasteiger partial charge < -0.3 is 10.5 Å². The zero-order valence-corrected chi connectivity index (χ0v) is 13.5. The average molecular weight is 405 g/mol. The van der Waals surface area contributed by atoms with Crippen molar-refractivity contribution in [2.24, 2.45) is 5.73 Å². The zero-order valence-electron chi connectivity index (χ0n) is 9.49. The van der Waals surface area contributed by atoms with E-state index in [1.807, 2.05) is 0 Å². The molecule has 0 aliphatic rings. The SMILES string of the molecule is NC(=S)c1ccc(Oc2ccc(Br)c(F)c2)c(Br)c1. The van der Waals surface area contributed by atoms with E-state index in [0.717, 1.165) is 5.56 Å². The van der Waals surface area contributed by atoms with Crippen molar-refractivity contribution >= 4 is 49.1 Å². The Bertz CT molecular complexity index is 649. The minimum absolute atomic E-state index is 0.307. The van der Waals surface area contributed by atoms with E-state index in [1.165, 1.54) is 6.07 Å². The van der Waals surface area contributed by atoms with Crippen LogP contribution >= 0.6 is 44.1 Å². The Morgan fingerprint density at radius 3 is 2.42 bits per heavy atom. The van der Waals surface area contributed by atoms with E-state index in [9.17, 15) is 4.39 Å². The van der Waals surface area contributed by atoms with Gasteiger partial charge in [0.1, 0.15) is 22.3 Å². The van der Waals surface area contributed by atoms with Crippen molar-refractivity contribution in [2.45, 2.75) is 0 Å². The second-order valence-corrected chi connectivity index (χ2v) is 5.84. The van der Waals surface area contributed by atoms with Gasteiger partial charge in [-0.25, -0.2) is 4.39 Å². The standard InChI is InChI=1S/C13H8Br2FNOS/c14-9-3-2-8(6-11(9)16)18-12-4-1-7(13(17)19)5-10(12)15/h1-6H,(H2,17,19). The molecule has 2 rings (SSSR count). The Morgan fingerprint density at radius 1 is 1.11 bits per heavy atom. The van der Waals surface area contributed by atoms with Crippen LogP contribution in [0.15, 0.2) is 45.3 Å². The van der Waals surface area contributed by atoms with Crippen LogP contribution in [0.25, 0.3) is 0 Å². The molecule has 2 nitrogen and oxygen atoms in total. The monoisotopic (exact) mass is 403 g/mol. The van der Waals surface area contributed by atoms with E-state index < -0.39 is 0 Å². The van der Waals surface area contributed by atoms with Gasteiger partial charge >= 0.3 is 0 Å². The lowest BCUT2D eigenvalue weighted by Gasteiger charge is -2.09. The van der Waals surface area contributed by atoms with Crippen LogP contribution in [-0.4, -0.2) is 4.99 Å². The summed E-state index contributed by atoms with van der Waals surface area (Å²) < 4.78 is 20.1. The molecule has 0 fully saturated rings. The first-order valence-corrected chi connectivity index (χ1v) is 7.19. The average Bonchev–Trinajstić information content (AvgIpc) is 2.36. The van der Waals surface area contributed by atoms with Crippen LogP contribution in [0.2, 0.25) is 0 Å². The Morgan fingerprint density at radius 2 is 1.84 bits per heavy atom. The molecule has 0 aromatic heterocycles. The molecule has 0 amide bonds. The lowest BCUT2D eigenvalue weighted by molar-refractivity contribution is 0.473. The number of hydrogen-bond donors (Lipinski definition) is 1. The van der Waals surface area contributed by atoms with Gasteiger partial charge in [0.05, 0.1) is 8.95 Å². The normalized spacial score (nSPS) is 10.3. The number of halogens is 3. The van der Waals surface area contributed by atoms with Gasteiger partial charge in [-0.3, -0.25) is 0 Å². The highest BCUT2D eigenvalue weighted by Crippen LogP contribution is 2.31. The van der Waals surface area contributed by atoms with Crippen LogP contribution in [0.4, 0.5) is 4.39 Å². The van der Waals surface area contributed by atoms with Crippen molar-refractivity contribution in [1.82, 2.24) is 0 Å². The van der Waals surface area contributed by atoms with E-state index in [-0.39, 0.29) is 5.82 Å². The highest BCUT2D eigenvalue weighted by Gasteiger charge is 2.07. The summed E-state index contributed by atoms with van der Waals surface area (Å²) in [5.74, 6) is 0.583. The molecule has 0 unspecified atom stereocenters. The van der Waals surface area contributed by atoms with Crippen LogP contribution in [0.3, 0.4) is 0 Å². The van der Waals surface area contributed by atoms with E-state index in [1.54, 1.807) is 30.3 Å². The molecule has 0 saturated heterocycles. The number of rotatable bonds is 3. The Labute approximate surface area is 132 Å². The Kier molecular flexibility index (Phi) is 4.54. The topological polar surface area (TPSA) is 35.2 Å². The van der Waals surface area contributed by atoms with Crippen molar-refractivity contribution in [3.05, 3.63) is 56.7 Å². The molecule has 0 bridgehead atoms. The highest BCUT2D eigenvalue weighted by molar-refractivity contribution is 9.10. The predicted octanol–water partition coefficient (Wildman–Crippen LogP) is 4.78. The fraction of sp³-hybridized carbons (Fsp3) is 0. The lowest BCUT2D eigenvalue weighted by atomic mass is 10.2. The molecule has 0 radical (unpaired) electrons. The molecule has 0 saturated carbocycles. The van der Waals surface area contributed by atoms with Gasteiger partial charge in [-0.1, -0.05) is 12.2 Å². The van der Waals surface area contributed by atoms with E-state index in [2.05, 4.69) is 31.9 Å². The maximum Gasteiger partial charge on any atom is 0.141 e. The summed E-state index contributed by atoms with van der Waals surface area (Å²) in [6.07, 6.45) is 0. The van der Waals surface area contributed by atoms with Crippen LogP contribution < -0.4 is 10.5 Å². The molecule has 0 spiro atoms. The maximum absolute atomic E-state index is 13.4. The highest BCUT2D eigenvalue weighted by atomic mass is 79.9. The van der Waals surface area contributed by atoms with Crippen molar-refractivity contribution < 1.29 is 9.13 Å². The van der Waals surface area contributed by atoms with Gasteiger partial charge in [-0.2, -0.15) is 0 Å². The summed E-state index contributed by atoms with van der Waals surface area (Å²) in [6.45, 7) is 0. The molecule has 6 heteroatoms. The summed E-state index contributed by atoms with van der Waals surface area (Å²) in [5.41, 5.74) is 6.27. The predicted molar refractivity (Wildman–Crippen MR) is 84.2 cm³/mol. The van der Waals surface area contributed by atoms with Gasteiger partial charge in [0.15, 0.2) is 0 Å². The summed E-state index contributed by atoms with van der Waals surface area (Å²) in [6, 6.07) is 9.78. The van der Waals surface area contributed by atoms with Gasteiger partial charge in [-0.05, 0) is 62.2 Å². The lowest BCUT2D eigenvalue weighted by Crippen LogP contribution is -2.09. The fourth-order valence-electron chi connectivity index (χ4n) is 1.40. The smallest absolute Gasteiger partial charge is 0.141 e. The van der Waals surface area contributed by atoms with Gasteiger partial charge in [-0.15, -0.1) is 0 Å². The third-order valence-electron chi connectivity index (χ3n) is 2.34. The molecule has 0 heterocycles. The quantitative estimate of drug-likeness (QED) is 0.747. The Hall–Kier alpha value is -0.980. The van der Waals surface area contributed by atoms with Crippen LogP contribution in [-0.2, 0) is 0 Å². The third kappa shape index (κ3) is 3.52. The van der Waals surface area contributed by atoms with Crippen LogP contribution in [0.5, 0.6) is 11.5 Å². The van der Waals surface area contributed by atoms with Crippen LogP contribution in [0.1, 0.15) is 5.56 Å². The van der Waals surface area contributed by atoms with Crippen molar-refractivity contribution in [3.63, 3.8) is 0 Å². The number of ether oxygens (including phenoxy) is 1. The Balaban J connectivity index is 2.28.